The highest BCUT2D eigenvalue weighted by Gasteiger charge is 2.07. The van der Waals surface area contributed by atoms with Crippen LogP contribution in [0.25, 0.3) is 0 Å². The zero-order valence-corrected chi connectivity index (χ0v) is 10.1. The van der Waals surface area contributed by atoms with Gasteiger partial charge in [-0.25, -0.2) is 4.39 Å². The predicted octanol–water partition coefficient (Wildman–Crippen LogP) is 2.70. The summed E-state index contributed by atoms with van der Waals surface area (Å²) in [6.45, 7) is 2.21. The summed E-state index contributed by atoms with van der Waals surface area (Å²) in [6.07, 6.45) is 2.12. The summed E-state index contributed by atoms with van der Waals surface area (Å²) in [5.74, 6) is -0.150. The van der Waals surface area contributed by atoms with Crippen LogP contribution in [-0.2, 0) is 6.42 Å². The summed E-state index contributed by atoms with van der Waals surface area (Å²) in [6, 6.07) is 8.23. The first-order valence-electron chi connectivity index (χ1n) is 5.73. The van der Waals surface area contributed by atoms with Gasteiger partial charge in [-0.05, 0) is 42.7 Å². The molecule has 0 aliphatic carbocycles. The lowest BCUT2D eigenvalue weighted by Crippen LogP contribution is -2.25. The third-order valence-electron chi connectivity index (χ3n) is 2.67. The van der Waals surface area contributed by atoms with Gasteiger partial charge >= 0.3 is 0 Å². The molecular formula is C14H14FNO2. The zero-order chi connectivity index (χ0) is 13.0. The Kier molecular flexibility index (Phi) is 3.77. The average Bonchev–Trinajstić information content (AvgIpc) is 2.87. The summed E-state index contributed by atoms with van der Waals surface area (Å²) < 4.78 is 18.0. The minimum Gasteiger partial charge on any atom is -0.459 e. The van der Waals surface area contributed by atoms with E-state index < -0.39 is 0 Å². The number of furan rings is 1. The molecule has 2 aromatic rings. The SMILES string of the molecule is Cc1cc(CCNC(=O)c2ccco2)ccc1F. The number of halogens is 1. The highest BCUT2D eigenvalue weighted by Crippen LogP contribution is 2.09. The van der Waals surface area contributed by atoms with Crippen molar-refractivity contribution >= 4 is 5.91 Å². The molecule has 1 amide bonds. The second-order valence-corrected chi connectivity index (χ2v) is 4.07. The van der Waals surface area contributed by atoms with Gasteiger partial charge in [0, 0.05) is 6.54 Å². The molecule has 1 aromatic carbocycles. The maximum Gasteiger partial charge on any atom is 0.286 e. The number of hydrogen-bond donors (Lipinski definition) is 1. The Morgan fingerprint density at radius 3 is 2.89 bits per heavy atom. The molecule has 18 heavy (non-hydrogen) atoms. The van der Waals surface area contributed by atoms with Crippen LogP contribution in [0.3, 0.4) is 0 Å². The van der Waals surface area contributed by atoms with Crippen LogP contribution >= 0.6 is 0 Å². The molecular weight excluding hydrogens is 233 g/mol. The normalized spacial score (nSPS) is 10.3. The van der Waals surface area contributed by atoms with E-state index in [1.54, 1.807) is 31.2 Å². The van der Waals surface area contributed by atoms with Gasteiger partial charge in [0.2, 0.25) is 0 Å². The van der Waals surface area contributed by atoms with E-state index in [0.29, 0.717) is 24.3 Å². The fraction of sp³-hybridized carbons (Fsp3) is 0.214. The molecule has 0 unspecified atom stereocenters. The minimum absolute atomic E-state index is 0.210. The number of nitrogens with one attached hydrogen (secondary N) is 1. The summed E-state index contributed by atoms with van der Waals surface area (Å²) in [4.78, 5) is 11.6. The Bertz CT molecular complexity index is 535. The second kappa shape index (κ2) is 5.49. The van der Waals surface area contributed by atoms with Gasteiger partial charge in [-0.2, -0.15) is 0 Å². The van der Waals surface area contributed by atoms with E-state index in [1.807, 2.05) is 0 Å². The molecule has 0 atom stereocenters. The molecule has 0 saturated heterocycles. The van der Waals surface area contributed by atoms with Crippen molar-refractivity contribution in [2.45, 2.75) is 13.3 Å². The molecule has 0 spiro atoms. The lowest BCUT2D eigenvalue weighted by atomic mass is 10.1. The van der Waals surface area contributed by atoms with Gasteiger partial charge in [0.05, 0.1) is 6.26 Å². The van der Waals surface area contributed by atoms with Crippen molar-refractivity contribution in [2.24, 2.45) is 0 Å². The quantitative estimate of drug-likeness (QED) is 0.902. The van der Waals surface area contributed by atoms with Crippen molar-refractivity contribution < 1.29 is 13.6 Å². The Hall–Kier alpha value is -2.10. The fourth-order valence-electron chi connectivity index (χ4n) is 1.68. The van der Waals surface area contributed by atoms with Crippen molar-refractivity contribution in [3.8, 4) is 0 Å². The highest BCUT2D eigenvalue weighted by atomic mass is 19.1. The van der Waals surface area contributed by atoms with Gasteiger partial charge in [0.15, 0.2) is 5.76 Å². The van der Waals surface area contributed by atoms with E-state index in [-0.39, 0.29) is 11.7 Å². The maximum atomic E-state index is 13.1. The third kappa shape index (κ3) is 2.97. The molecule has 3 nitrogen and oxygen atoms in total. The number of benzene rings is 1. The monoisotopic (exact) mass is 247 g/mol. The lowest BCUT2D eigenvalue weighted by molar-refractivity contribution is 0.0926. The molecule has 94 valence electrons. The van der Waals surface area contributed by atoms with E-state index in [1.165, 1.54) is 12.3 Å². The second-order valence-electron chi connectivity index (χ2n) is 4.07. The Balaban J connectivity index is 1.85. The maximum absolute atomic E-state index is 13.1. The van der Waals surface area contributed by atoms with Crippen LogP contribution in [0.1, 0.15) is 21.7 Å². The third-order valence-corrected chi connectivity index (χ3v) is 2.67. The predicted molar refractivity (Wildman–Crippen MR) is 65.9 cm³/mol. The molecule has 0 aliphatic rings. The Labute approximate surface area is 105 Å². The van der Waals surface area contributed by atoms with E-state index in [4.69, 9.17) is 4.42 Å². The van der Waals surface area contributed by atoms with Crippen LogP contribution in [0.4, 0.5) is 4.39 Å². The van der Waals surface area contributed by atoms with Crippen LogP contribution < -0.4 is 5.32 Å². The molecule has 4 heteroatoms. The zero-order valence-electron chi connectivity index (χ0n) is 10.1. The van der Waals surface area contributed by atoms with E-state index in [2.05, 4.69) is 5.32 Å². The first-order chi connectivity index (χ1) is 8.66. The number of carbonyl (C=O) groups is 1. The lowest BCUT2D eigenvalue weighted by Gasteiger charge is -2.05. The van der Waals surface area contributed by atoms with Crippen molar-refractivity contribution in [1.82, 2.24) is 5.32 Å². The van der Waals surface area contributed by atoms with Crippen LogP contribution in [0, 0.1) is 12.7 Å². The molecule has 0 radical (unpaired) electrons. The van der Waals surface area contributed by atoms with Gasteiger partial charge in [0.1, 0.15) is 5.82 Å². The number of carbonyl (C=O) groups excluding carboxylic acids is 1. The van der Waals surface area contributed by atoms with E-state index >= 15 is 0 Å². The molecule has 0 saturated carbocycles. The van der Waals surface area contributed by atoms with Crippen molar-refractivity contribution in [2.75, 3.05) is 6.54 Å². The smallest absolute Gasteiger partial charge is 0.286 e. The first-order valence-corrected chi connectivity index (χ1v) is 5.73. The standard InChI is InChI=1S/C14H14FNO2/c1-10-9-11(4-5-12(10)15)6-7-16-14(17)13-3-2-8-18-13/h2-5,8-9H,6-7H2,1H3,(H,16,17). The Morgan fingerprint density at radius 2 is 2.22 bits per heavy atom. The number of rotatable bonds is 4. The number of hydrogen-bond acceptors (Lipinski definition) is 2. The van der Waals surface area contributed by atoms with E-state index in [0.717, 1.165) is 5.56 Å². The molecule has 0 fully saturated rings. The number of amides is 1. The largest absolute Gasteiger partial charge is 0.459 e. The summed E-state index contributed by atoms with van der Waals surface area (Å²) in [5.41, 5.74) is 1.61. The molecule has 0 aliphatic heterocycles. The number of aryl methyl sites for hydroxylation is 1. The first kappa shape index (κ1) is 12.4. The molecule has 1 N–H and O–H groups in total. The fourth-order valence-corrected chi connectivity index (χ4v) is 1.68. The van der Waals surface area contributed by atoms with Gasteiger partial charge in [-0.15, -0.1) is 0 Å². The van der Waals surface area contributed by atoms with Gasteiger partial charge in [-0.3, -0.25) is 4.79 Å². The van der Waals surface area contributed by atoms with Crippen molar-refractivity contribution in [3.63, 3.8) is 0 Å². The van der Waals surface area contributed by atoms with Crippen LogP contribution in [0.5, 0.6) is 0 Å². The van der Waals surface area contributed by atoms with Crippen LogP contribution in [-0.4, -0.2) is 12.5 Å². The Morgan fingerprint density at radius 1 is 1.39 bits per heavy atom. The van der Waals surface area contributed by atoms with Gasteiger partial charge in [-0.1, -0.05) is 12.1 Å². The average molecular weight is 247 g/mol. The topological polar surface area (TPSA) is 42.2 Å². The van der Waals surface area contributed by atoms with Crippen molar-refractivity contribution in [3.05, 3.63) is 59.3 Å². The molecule has 1 heterocycles. The van der Waals surface area contributed by atoms with E-state index in [9.17, 15) is 9.18 Å². The molecule has 2 rings (SSSR count). The molecule has 0 bridgehead atoms. The summed E-state index contributed by atoms with van der Waals surface area (Å²) >= 11 is 0. The van der Waals surface area contributed by atoms with Crippen molar-refractivity contribution in [1.29, 1.82) is 0 Å². The van der Waals surface area contributed by atoms with Gasteiger partial charge in [0.25, 0.3) is 5.91 Å². The molecule has 1 aromatic heterocycles. The minimum atomic E-state index is -0.237. The van der Waals surface area contributed by atoms with Crippen LogP contribution in [0.15, 0.2) is 41.0 Å². The summed E-state index contributed by atoms with van der Waals surface area (Å²) in [5, 5.41) is 2.74. The highest BCUT2D eigenvalue weighted by molar-refractivity contribution is 5.91. The van der Waals surface area contributed by atoms with Crippen LogP contribution in [0.2, 0.25) is 0 Å². The summed E-state index contributed by atoms with van der Waals surface area (Å²) in [7, 11) is 0. The van der Waals surface area contributed by atoms with Gasteiger partial charge < -0.3 is 9.73 Å².